The third-order valence-electron chi connectivity index (χ3n) is 4.44. The summed E-state index contributed by atoms with van der Waals surface area (Å²) in [5.74, 6) is 0.126. The lowest BCUT2D eigenvalue weighted by Gasteiger charge is -2.20. The number of nitrogens with one attached hydrogen (secondary N) is 2. The first-order valence-electron chi connectivity index (χ1n) is 11.3. The predicted molar refractivity (Wildman–Crippen MR) is 149 cm³/mol. The zero-order valence-electron chi connectivity index (χ0n) is 21.0. The highest BCUT2D eigenvalue weighted by Gasteiger charge is 2.22. The van der Waals surface area contributed by atoms with Crippen LogP contribution in [-0.4, -0.2) is 43.8 Å². The van der Waals surface area contributed by atoms with E-state index < -0.39 is 29.5 Å². The van der Waals surface area contributed by atoms with Gasteiger partial charge in [-0.2, -0.15) is 4.40 Å². The number of alkyl halides is 2. The minimum atomic E-state index is -2.70. The van der Waals surface area contributed by atoms with E-state index in [2.05, 4.69) is 19.7 Å². The van der Waals surface area contributed by atoms with Gasteiger partial charge < -0.3 is 16.0 Å². The van der Waals surface area contributed by atoms with Crippen molar-refractivity contribution in [2.24, 2.45) is 10.1 Å². The number of hydrogen-bond acceptors (Lipinski definition) is 5. The second kappa shape index (κ2) is 14.8. The molecule has 0 bridgehead atoms. The molecule has 1 atom stereocenters. The highest BCUT2D eigenvalue weighted by molar-refractivity contribution is 7.83. The van der Waals surface area contributed by atoms with Gasteiger partial charge in [-0.1, -0.05) is 58.4 Å². The number of pyridine rings is 1. The van der Waals surface area contributed by atoms with Gasteiger partial charge in [0.2, 0.25) is 0 Å². The summed E-state index contributed by atoms with van der Waals surface area (Å²) < 4.78 is 43.2. The molecule has 0 aliphatic heterocycles. The lowest BCUT2D eigenvalue weighted by atomic mass is 10.1. The van der Waals surface area contributed by atoms with E-state index in [-0.39, 0.29) is 33.2 Å². The summed E-state index contributed by atoms with van der Waals surface area (Å²) in [5, 5.41) is 2.94. The van der Waals surface area contributed by atoms with E-state index >= 15 is 0 Å². The average Bonchev–Trinajstić information content (AvgIpc) is 2.84. The Hall–Kier alpha value is -2.70. The third-order valence-corrected chi connectivity index (χ3v) is 5.44. The molecule has 2 aromatic heterocycles. The molecule has 0 radical (unpaired) electrons. The highest BCUT2D eigenvalue weighted by Crippen LogP contribution is 2.32. The van der Waals surface area contributed by atoms with Gasteiger partial charge in [0.1, 0.15) is 32.9 Å². The number of hydrogen-bond donors (Lipinski definition) is 3. The Bertz CT molecular complexity index is 1360. The SMILES string of the molecule is CC.CC.CCc1nc2[nH]c(=S)ccc2c(=O)n1-c1ccc(Cl)c(/C(N)=N/S(C)=O)c1NCC(F)F. The molecular formula is C23H31ClF2N6O2S2. The van der Waals surface area contributed by atoms with Crippen molar-refractivity contribution in [2.75, 3.05) is 18.1 Å². The van der Waals surface area contributed by atoms with Gasteiger partial charge in [-0.3, -0.25) is 9.36 Å². The van der Waals surface area contributed by atoms with Gasteiger partial charge in [0.05, 0.1) is 33.9 Å². The van der Waals surface area contributed by atoms with Crippen molar-refractivity contribution in [2.45, 2.75) is 47.5 Å². The summed E-state index contributed by atoms with van der Waals surface area (Å²) in [6.45, 7) is 9.05. The number of aryl methyl sites for hydroxylation is 1. The second-order valence-corrected chi connectivity index (χ2v) is 8.47. The lowest BCUT2D eigenvalue weighted by molar-refractivity contribution is 0.163. The Morgan fingerprint density at radius 3 is 2.47 bits per heavy atom. The van der Waals surface area contributed by atoms with Crippen LogP contribution in [0.25, 0.3) is 16.7 Å². The predicted octanol–water partition coefficient (Wildman–Crippen LogP) is 5.39. The van der Waals surface area contributed by atoms with Crippen molar-refractivity contribution in [3.8, 4) is 5.69 Å². The smallest absolute Gasteiger partial charge is 0.267 e. The van der Waals surface area contributed by atoms with Crippen LogP contribution in [0.5, 0.6) is 0 Å². The molecule has 36 heavy (non-hydrogen) atoms. The Labute approximate surface area is 221 Å². The molecule has 0 fully saturated rings. The molecule has 1 unspecified atom stereocenters. The number of nitrogens with zero attached hydrogens (tertiary/aromatic N) is 3. The van der Waals surface area contributed by atoms with Crippen LogP contribution in [-0.2, 0) is 17.4 Å². The zero-order valence-corrected chi connectivity index (χ0v) is 23.4. The van der Waals surface area contributed by atoms with E-state index in [9.17, 15) is 17.8 Å². The quantitative estimate of drug-likeness (QED) is 0.203. The standard InChI is InChI=1S/C19H19ClF2N6O2S2.2C2H6/c1-3-13-25-18-9(4-7-14(31)26-18)19(29)28(13)11-6-5-10(20)15(17(23)27-32(2)30)16(11)24-8-12(21)22;2*1-2/h4-7,12,24H,3,8H2,1-2H3,(H2,23,27)(H,26,31);2*1-2H3. The summed E-state index contributed by atoms with van der Waals surface area (Å²) in [5.41, 5.74) is 6.17. The number of rotatable bonds is 7. The van der Waals surface area contributed by atoms with Crippen LogP contribution < -0.4 is 16.6 Å². The van der Waals surface area contributed by atoms with E-state index in [4.69, 9.17) is 29.6 Å². The fraction of sp³-hybridized carbons (Fsp3) is 0.391. The number of anilines is 1. The molecule has 198 valence electrons. The minimum Gasteiger partial charge on any atom is -0.382 e. The van der Waals surface area contributed by atoms with Crippen LogP contribution in [0.15, 0.2) is 33.5 Å². The van der Waals surface area contributed by atoms with Gasteiger partial charge in [-0.15, -0.1) is 0 Å². The van der Waals surface area contributed by atoms with Crippen molar-refractivity contribution in [3.63, 3.8) is 0 Å². The number of fused-ring (bicyclic) bond motifs is 1. The minimum absolute atomic E-state index is 0.0475. The maximum atomic E-state index is 13.4. The van der Waals surface area contributed by atoms with Crippen LogP contribution in [0.1, 0.15) is 46.0 Å². The molecule has 0 saturated heterocycles. The molecule has 13 heteroatoms. The summed E-state index contributed by atoms with van der Waals surface area (Å²) in [6, 6.07) is 6.05. The van der Waals surface area contributed by atoms with E-state index in [1.807, 2.05) is 27.7 Å². The van der Waals surface area contributed by atoms with Crippen molar-refractivity contribution in [1.29, 1.82) is 0 Å². The number of amidine groups is 1. The molecule has 3 rings (SSSR count). The fourth-order valence-electron chi connectivity index (χ4n) is 3.17. The zero-order chi connectivity index (χ0) is 27.6. The van der Waals surface area contributed by atoms with E-state index in [0.717, 1.165) is 0 Å². The van der Waals surface area contributed by atoms with Gasteiger partial charge in [0.25, 0.3) is 12.0 Å². The first-order valence-corrected chi connectivity index (χ1v) is 13.6. The molecular weight excluding hydrogens is 530 g/mol. The molecule has 8 nitrogen and oxygen atoms in total. The first-order chi connectivity index (χ1) is 17.1. The lowest BCUT2D eigenvalue weighted by Crippen LogP contribution is -2.27. The maximum absolute atomic E-state index is 13.4. The largest absolute Gasteiger partial charge is 0.382 e. The summed E-state index contributed by atoms with van der Waals surface area (Å²) in [7, 11) is -1.67. The molecule has 0 aliphatic carbocycles. The topological polar surface area (TPSA) is 118 Å². The van der Waals surface area contributed by atoms with Crippen molar-refractivity contribution in [3.05, 3.63) is 55.7 Å². The summed E-state index contributed by atoms with van der Waals surface area (Å²) in [6.07, 6.45) is -1.06. The van der Waals surface area contributed by atoms with E-state index in [1.54, 1.807) is 19.1 Å². The maximum Gasteiger partial charge on any atom is 0.267 e. The fourth-order valence-corrected chi connectivity index (χ4v) is 3.96. The van der Waals surface area contributed by atoms with E-state index in [1.165, 1.54) is 23.0 Å². The Kier molecular flexibility index (Phi) is 12.8. The number of benzene rings is 1. The van der Waals surface area contributed by atoms with Gasteiger partial charge >= 0.3 is 0 Å². The van der Waals surface area contributed by atoms with Gasteiger partial charge in [-0.25, -0.2) is 18.0 Å². The van der Waals surface area contributed by atoms with Crippen LogP contribution in [0.4, 0.5) is 14.5 Å². The van der Waals surface area contributed by atoms with Gasteiger partial charge in [0.15, 0.2) is 0 Å². The second-order valence-electron chi connectivity index (χ2n) is 6.60. The molecule has 0 saturated carbocycles. The molecule has 2 heterocycles. The first kappa shape index (κ1) is 31.3. The Morgan fingerprint density at radius 2 is 1.92 bits per heavy atom. The third kappa shape index (κ3) is 7.40. The monoisotopic (exact) mass is 560 g/mol. The Balaban J connectivity index is 0.00000154. The van der Waals surface area contributed by atoms with Crippen LogP contribution >= 0.6 is 23.8 Å². The molecule has 0 spiro atoms. The number of H-pyrrole nitrogens is 1. The average molecular weight is 561 g/mol. The number of aromatic amines is 1. The Morgan fingerprint density at radius 1 is 1.28 bits per heavy atom. The number of nitrogens with two attached hydrogens (primary N) is 1. The number of halogens is 3. The van der Waals surface area contributed by atoms with Crippen LogP contribution in [0.3, 0.4) is 0 Å². The molecule has 1 aromatic carbocycles. The summed E-state index contributed by atoms with van der Waals surface area (Å²) in [4.78, 5) is 20.8. The number of aromatic nitrogens is 3. The molecule has 0 aliphatic rings. The molecule has 4 N–H and O–H groups in total. The highest BCUT2D eigenvalue weighted by atomic mass is 35.5. The summed E-state index contributed by atoms with van der Waals surface area (Å²) >= 11 is 11.4. The van der Waals surface area contributed by atoms with Crippen molar-refractivity contribution in [1.82, 2.24) is 14.5 Å². The molecule has 3 aromatic rings. The normalized spacial score (nSPS) is 11.9. The van der Waals surface area contributed by atoms with E-state index in [0.29, 0.717) is 22.5 Å². The van der Waals surface area contributed by atoms with Crippen molar-refractivity contribution < 1.29 is 13.0 Å². The van der Waals surface area contributed by atoms with Gasteiger partial charge in [0, 0.05) is 12.7 Å². The molecule has 0 amide bonds. The van der Waals surface area contributed by atoms with Crippen LogP contribution in [0, 0.1) is 4.64 Å². The van der Waals surface area contributed by atoms with Gasteiger partial charge in [-0.05, 0) is 24.3 Å². The van der Waals surface area contributed by atoms with Crippen LogP contribution in [0.2, 0.25) is 5.02 Å². The van der Waals surface area contributed by atoms with Crippen molar-refractivity contribution >= 4 is 57.4 Å².